The molecule has 0 unspecified atom stereocenters. The van der Waals surface area contributed by atoms with Gasteiger partial charge in [0, 0.05) is 18.4 Å². The molecular formula is C16H29NO5. The summed E-state index contributed by atoms with van der Waals surface area (Å²) in [6.45, 7) is 11.3. The summed E-state index contributed by atoms with van der Waals surface area (Å²) in [7, 11) is 0. The number of Topliss-reactive ketones (excluding diaryl/α,β-unsaturated/α-hetero) is 1. The Balaban J connectivity index is 4.04. The summed E-state index contributed by atoms with van der Waals surface area (Å²) in [5.74, 6) is -0.504. The van der Waals surface area contributed by atoms with Crippen LogP contribution in [-0.4, -0.2) is 44.0 Å². The smallest absolute Gasteiger partial charge is 0.312 e. The zero-order valence-corrected chi connectivity index (χ0v) is 14.6. The monoisotopic (exact) mass is 315 g/mol. The van der Waals surface area contributed by atoms with Crippen LogP contribution in [0.3, 0.4) is 0 Å². The lowest BCUT2D eigenvalue weighted by molar-refractivity contribution is -0.165. The average molecular weight is 315 g/mol. The van der Waals surface area contributed by atoms with Crippen molar-refractivity contribution in [2.24, 2.45) is 10.8 Å². The topological polar surface area (TPSA) is 81.7 Å². The van der Waals surface area contributed by atoms with E-state index in [0.29, 0.717) is 19.6 Å². The van der Waals surface area contributed by atoms with E-state index in [1.54, 1.807) is 34.6 Å². The van der Waals surface area contributed by atoms with Crippen LogP contribution < -0.4 is 5.32 Å². The van der Waals surface area contributed by atoms with Crippen molar-refractivity contribution in [3.8, 4) is 0 Å². The summed E-state index contributed by atoms with van der Waals surface area (Å²) in [6, 6.07) is 0. The molecule has 0 aromatic rings. The van der Waals surface area contributed by atoms with Crippen LogP contribution in [0.15, 0.2) is 0 Å². The van der Waals surface area contributed by atoms with E-state index in [0.717, 1.165) is 0 Å². The highest BCUT2D eigenvalue weighted by Crippen LogP contribution is 2.40. The molecule has 6 heteroatoms. The van der Waals surface area contributed by atoms with Crippen LogP contribution in [-0.2, 0) is 23.9 Å². The molecule has 0 aromatic carbocycles. The number of carbonyl (C=O) groups excluding carboxylic acids is 3. The molecule has 1 amide bonds. The lowest BCUT2D eigenvalue weighted by Gasteiger charge is -2.37. The molecule has 0 radical (unpaired) electrons. The Bertz CT molecular complexity index is 401. The number of rotatable bonds is 10. The Labute approximate surface area is 132 Å². The highest BCUT2D eigenvalue weighted by Gasteiger charge is 2.47. The molecule has 128 valence electrons. The maximum atomic E-state index is 12.1. The normalized spacial score (nSPS) is 11.9. The number of carbonyl (C=O) groups is 3. The van der Waals surface area contributed by atoms with Gasteiger partial charge < -0.3 is 14.8 Å². The number of nitrogens with one attached hydrogen (secondary N) is 1. The van der Waals surface area contributed by atoms with E-state index in [-0.39, 0.29) is 24.9 Å². The lowest BCUT2D eigenvalue weighted by atomic mass is 9.66. The molecule has 0 aliphatic heterocycles. The largest absolute Gasteiger partial charge is 0.463 e. The highest BCUT2D eigenvalue weighted by molar-refractivity contribution is 5.90. The van der Waals surface area contributed by atoms with Gasteiger partial charge in [0.1, 0.15) is 12.4 Å². The maximum absolute atomic E-state index is 12.1. The van der Waals surface area contributed by atoms with Crippen molar-refractivity contribution in [2.75, 3.05) is 26.4 Å². The van der Waals surface area contributed by atoms with E-state index in [1.165, 1.54) is 6.92 Å². The Kier molecular flexibility index (Phi) is 8.30. The predicted octanol–water partition coefficient (Wildman–Crippen LogP) is 1.71. The number of hydrogen-bond acceptors (Lipinski definition) is 5. The quantitative estimate of drug-likeness (QED) is 0.490. The van der Waals surface area contributed by atoms with Gasteiger partial charge in [0.2, 0.25) is 5.91 Å². The van der Waals surface area contributed by atoms with Crippen LogP contribution >= 0.6 is 0 Å². The number of ether oxygens (including phenoxy) is 2. The second-order valence-corrected chi connectivity index (χ2v) is 6.26. The van der Waals surface area contributed by atoms with Crippen molar-refractivity contribution < 1.29 is 23.9 Å². The summed E-state index contributed by atoms with van der Waals surface area (Å²) < 4.78 is 10.5. The predicted molar refractivity (Wildman–Crippen MR) is 83.3 cm³/mol. The van der Waals surface area contributed by atoms with Crippen LogP contribution in [0, 0.1) is 10.8 Å². The maximum Gasteiger partial charge on any atom is 0.312 e. The molecule has 0 aliphatic rings. The van der Waals surface area contributed by atoms with Crippen LogP contribution in [0.5, 0.6) is 0 Å². The van der Waals surface area contributed by atoms with E-state index in [1.807, 2.05) is 0 Å². The van der Waals surface area contributed by atoms with Gasteiger partial charge in [-0.25, -0.2) is 0 Å². The van der Waals surface area contributed by atoms with E-state index in [9.17, 15) is 14.4 Å². The third kappa shape index (κ3) is 5.75. The van der Waals surface area contributed by atoms with Gasteiger partial charge in [0.15, 0.2) is 0 Å². The fourth-order valence-corrected chi connectivity index (χ4v) is 1.56. The zero-order valence-electron chi connectivity index (χ0n) is 14.6. The van der Waals surface area contributed by atoms with Crippen molar-refractivity contribution in [1.82, 2.24) is 5.32 Å². The Morgan fingerprint density at radius 2 is 1.55 bits per heavy atom. The molecule has 0 bridgehead atoms. The summed E-state index contributed by atoms with van der Waals surface area (Å²) in [6.07, 6.45) is 0.443. The van der Waals surface area contributed by atoms with Crippen molar-refractivity contribution in [3.63, 3.8) is 0 Å². The van der Waals surface area contributed by atoms with Gasteiger partial charge >= 0.3 is 5.97 Å². The van der Waals surface area contributed by atoms with Gasteiger partial charge in [-0.1, -0.05) is 20.8 Å². The van der Waals surface area contributed by atoms with Crippen molar-refractivity contribution in [3.05, 3.63) is 0 Å². The number of hydrogen-bond donors (Lipinski definition) is 1. The molecule has 0 spiro atoms. The molecule has 0 heterocycles. The highest BCUT2D eigenvalue weighted by atomic mass is 16.6. The van der Waals surface area contributed by atoms with Crippen molar-refractivity contribution in [1.29, 1.82) is 0 Å². The Morgan fingerprint density at radius 3 is 2.05 bits per heavy atom. The Hall–Kier alpha value is -1.43. The fraction of sp³-hybridized carbons (Fsp3) is 0.812. The fourth-order valence-electron chi connectivity index (χ4n) is 1.56. The standard InChI is InChI=1S/C16H29NO5/c1-7-13(19)17-8-9-21-10-11-22-14(20)16(5,6)15(3,4)12(2)18/h7-11H2,1-6H3,(H,17,19). The van der Waals surface area contributed by atoms with Crippen molar-refractivity contribution >= 4 is 17.7 Å². The average Bonchev–Trinajstić information content (AvgIpc) is 2.44. The van der Waals surface area contributed by atoms with Gasteiger partial charge in [-0.05, 0) is 20.8 Å². The number of esters is 1. The zero-order chi connectivity index (χ0) is 17.4. The van der Waals surface area contributed by atoms with Gasteiger partial charge in [0.05, 0.1) is 18.6 Å². The summed E-state index contributed by atoms with van der Waals surface area (Å²) in [4.78, 5) is 34.8. The molecule has 1 N–H and O–H groups in total. The SMILES string of the molecule is CCC(=O)NCCOCCOC(=O)C(C)(C)C(C)(C)C(C)=O. The lowest BCUT2D eigenvalue weighted by Crippen LogP contribution is -2.45. The summed E-state index contributed by atoms with van der Waals surface area (Å²) >= 11 is 0. The minimum Gasteiger partial charge on any atom is -0.463 e. The number of ketones is 1. The molecule has 0 aliphatic carbocycles. The molecule has 6 nitrogen and oxygen atoms in total. The van der Waals surface area contributed by atoms with Gasteiger partial charge in [-0.15, -0.1) is 0 Å². The first-order chi connectivity index (χ1) is 10.1. The Morgan fingerprint density at radius 1 is 0.955 bits per heavy atom. The summed E-state index contributed by atoms with van der Waals surface area (Å²) in [5.41, 5.74) is -1.71. The van der Waals surface area contributed by atoms with Crippen LogP contribution in [0.2, 0.25) is 0 Å². The van der Waals surface area contributed by atoms with Crippen LogP contribution in [0.1, 0.15) is 48.0 Å². The summed E-state index contributed by atoms with van der Waals surface area (Å²) in [5, 5.41) is 2.68. The third-order valence-corrected chi connectivity index (χ3v) is 4.30. The third-order valence-electron chi connectivity index (χ3n) is 4.30. The van der Waals surface area contributed by atoms with Crippen molar-refractivity contribution in [2.45, 2.75) is 48.0 Å². The molecule has 0 saturated heterocycles. The molecular weight excluding hydrogens is 286 g/mol. The number of amides is 1. The molecule has 0 atom stereocenters. The van der Waals surface area contributed by atoms with Gasteiger partial charge in [-0.2, -0.15) is 0 Å². The molecule has 0 saturated carbocycles. The minimum absolute atomic E-state index is 0.0248. The van der Waals surface area contributed by atoms with Gasteiger partial charge in [-0.3, -0.25) is 14.4 Å². The van der Waals surface area contributed by atoms with E-state index < -0.39 is 16.8 Å². The van der Waals surface area contributed by atoms with Gasteiger partial charge in [0.25, 0.3) is 0 Å². The first-order valence-electron chi connectivity index (χ1n) is 7.60. The van der Waals surface area contributed by atoms with E-state index in [4.69, 9.17) is 9.47 Å². The molecule has 0 aromatic heterocycles. The molecule has 0 rings (SSSR count). The van der Waals surface area contributed by atoms with E-state index in [2.05, 4.69) is 5.32 Å². The minimum atomic E-state index is -0.909. The second-order valence-electron chi connectivity index (χ2n) is 6.26. The van der Waals surface area contributed by atoms with Crippen LogP contribution in [0.25, 0.3) is 0 Å². The first kappa shape index (κ1) is 20.6. The molecule has 0 fully saturated rings. The second kappa shape index (κ2) is 8.88. The first-order valence-corrected chi connectivity index (χ1v) is 7.60. The molecule has 22 heavy (non-hydrogen) atoms. The van der Waals surface area contributed by atoms with E-state index >= 15 is 0 Å². The van der Waals surface area contributed by atoms with Crippen LogP contribution in [0.4, 0.5) is 0 Å².